The number of nitrogens with one attached hydrogen (secondary N) is 1. The molecule has 2 aromatic rings. The predicted octanol–water partition coefficient (Wildman–Crippen LogP) is 3.28. The van der Waals surface area contributed by atoms with Crippen LogP contribution < -0.4 is 5.32 Å². The van der Waals surface area contributed by atoms with Gasteiger partial charge in [0.2, 0.25) is 5.91 Å². The average molecular weight is 331 g/mol. The van der Waals surface area contributed by atoms with Crippen molar-refractivity contribution in [2.75, 3.05) is 20.1 Å². The van der Waals surface area contributed by atoms with Crippen molar-refractivity contribution < 1.29 is 4.79 Å². The van der Waals surface area contributed by atoms with Crippen LogP contribution in [0.15, 0.2) is 24.3 Å². The fourth-order valence-electron chi connectivity index (χ4n) is 3.24. The van der Waals surface area contributed by atoms with Gasteiger partial charge in [0.15, 0.2) is 0 Å². The molecule has 0 radical (unpaired) electrons. The zero-order valence-electron chi connectivity index (χ0n) is 13.9. The van der Waals surface area contributed by atoms with Gasteiger partial charge in [-0.25, -0.2) is 4.98 Å². The molecule has 2 unspecified atom stereocenters. The first-order valence-corrected chi connectivity index (χ1v) is 9.24. The molecule has 0 saturated carbocycles. The molecule has 1 aromatic heterocycles. The summed E-state index contributed by atoms with van der Waals surface area (Å²) in [6, 6.07) is 8.13. The molecular weight excluding hydrogens is 306 g/mol. The third-order valence-electron chi connectivity index (χ3n) is 4.77. The summed E-state index contributed by atoms with van der Waals surface area (Å²) < 4.78 is 1.19. The molecule has 2 heterocycles. The molecule has 0 bridgehead atoms. The van der Waals surface area contributed by atoms with Crippen molar-refractivity contribution >= 4 is 27.5 Å². The van der Waals surface area contributed by atoms with Crippen molar-refractivity contribution in [1.29, 1.82) is 0 Å². The molecule has 1 amide bonds. The van der Waals surface area contributed by atoms with E-state index >= 15 is 0 Å². The second kappa shape index (κ2) is 7.41. The third kappa shape index (κ3) is 4.09. The lowest BCUT2D eigenvalue weighted by Crippen LogP contribution is -2.36. The summed E-state index contributed by atoms with van der Waals surface area (Å²) in [4.78, 5) is 18.9. The molecule has 4 nitrogen and oxygen atoms in total. The molecule has 0 spiro atoms. The van der Waals surface area contributed by atoms with Crippen molar-refractivity contribution in [3.8, 4) is 0 Å². The summed E-state index contributed by atoms with van der Waals surface area (Å²) in [6.07, 6.45) is 3.10. The molecule has 1 N–H and O–H groups in total. The maximum atomic E-state index is 12.5. The van der Waals surface area contributed by atoms with Crippen molar-refractivity contribution in [2.24, 2.45) is 11.8 Å². The Morgan fingerprint density at radius 3 is 3.04 bits per heavy atom. The fourth-order valence-corrected chi connectivity index (χ4v) is 4.26. The van der Waals surface area contributed by atoms with Crippen LogP contribution in [0.25, 0.3) is 10.2 Å². The first-order chi connectivity index (χ1) is 11.1. The molecule has 1 aromatic carbocycles. The highest BCUT2D eigenvalue weighted by Crippen LogP contribution is 2.25. The van der Waals surface area contributed by atoms with E-state index in [1.807, 2.05) is 30.1 Å². The van der Waals surface area contributed by atoms with Crippen LogP contribution in [-0.4, -0.2) is 35.9 Å². The Morgan fingerprint density at radius 1 is 1.48 bits per heavy atom. The van der Waals surface area contributed by atoms with Crippen molar-refractivity contribution in [3.63, 3.8) is 0 Å². The van der Waals surface area contributed by atoms with Gasteiger partial charge in [-0.05, 0) is 49.9 Å². The normalized spacial score (nSPS) is 19.7. The number of nitrogens with zero attached hydrogens (tertiary/aromatic N) is 2. The number of carbonyl (C=O) groups excluding carboxylic acids is 1. The first kappa shape index (κ1) is 16.4. The SMILES string of the molecule is CC(CC(=O)N(C)Cc1nc2ccccc2s1)C1CCCNC1. The molecule has 5 heteroatoms. The van der Waals surface area contributed by atoms with Gasteiger partial charge in [0, 0.05) is 13.5 Å². The number of rotatable bonds is 5. The van der Waals surface area contributed by atoms with E-state index in [4.69, 9.17) is 0 Å². The predicted molar refractivity (Wildman–Crippen MR) is 95.5 cm³/mol. The van der Waals surface area contributed by atoms with Crippen LogP contribution in [0.3, 0.4) is 0 Å². The maximum Gasteiger partial charge on any atom is 0.222 e. The van der Waals surface area contributed by atoms with Crippen LogP contribution in [0.1, 0.15) is 31.2 Å². The Bertz CT molecular complexity index is 630. The topological polar surface area (TPSA) is 45.2 Å². The summed E-state index contributed by atoms with van der Waals surface area (Å²) in [7, 11) is 1.89. The van der Waals surface area contributed by atoms with Gasteiger partial charge < -0.3 is 10.2 Å². The Hall–Kier alpha value is -1.46. The van der Waals surface area contributed by atoms with Gasteiger partial charge in [-0.2, -0.15) is 0 Å². The molecule has 1 fully saturated rings. The van der Waals surface area contributed by atoms with Gasteiger partial charge in [-0.1, -0.05) is 19.1 Å². The Balaban J connectivity index is 1.56. The lowest BCUT2D eigenvalue weighted by atomic mass is 9.85. The number of amides is 1. The number of benzene rings is 1. The molecule has 2 atom stereocenters. The van der Waals surface area contributed by atoms with E-state index in [1.165, 1.54) is 17.5 Å². The van der Waals surface area contributed by atoms with E-state index in [0.29, 0.717) is 24.8 Å². The smallest absolute Gasteiger partial charge is 0.222 e. The molecule has 0 aliphatic carbocycles. The van der Waals surface area contributed by atoms with E-state index in [-0.39, 0.29) is 5.91 Å². The number of carbonyl (C=O) groups is 1. The van der Waals surface area contributed by atoms with Gasteiger partial charge in [-0.15, -0.1) is 11.3 Å². The minimum atomic E-state index is 0.224. The van der Waals surface area contributed by atoms with E-state index in [0.717, 1.165) is 23.6 Å². The van der Waals surface area contributed by atoms with Crippen LogP contribution in [0.4, 0.5) is 0 Å². The Morgan fingerprint density at radius 2 is 2.30 bits per heavy atom. The number of aromatic nitrogens is 1. The molecule has 1 aliphatic heterocycles. The number of hydrogen-bond acceptors (Lipinski definition) is 4. The Labute approximate surface area is 141 Å². The number of fused-ring (bicyclic) bond motifs is 1. The number of thiazole rings is 1. The van der Waals surface area contributed by atoms with Crippen molar-refractivity contribution in [1.82, 2.24) is 15.2 Å². The van der Waals surface area contributed by atoms with Crippen molar-refractivity contribution in [2.45, 2.75) is 32.7 Å². The number of hydrogen-bond donors (Lipinski definition) is 1. The highest BCUT2D eigenvalue weighted by molar-refractivity contribution is 7.18. The molecular formula is C18H25N3OS. The standard InChI is InChI=1S/C18H25N3OS/c1-13(14-6-5-9-19-11-14)10-18(22)21(2)12-17-20-15-7-3-4-8-16(15)23-17/h3-4,7-8,13-14,19H,5-6,9-12H2,1-2H3. The molecule has 23 heavy (non-hydrogen) atoms. The van der Waals surface area contributed by atoms with Crippen LogP contribution in [0.2, 0.25) is 0 Å². The van der Waals surface area contributed by atoms with Crippen LogP contribution >= 0.6 is 11.3 Å². The van der Waals surface area contributed by atoms with Gasteiger partial charge >= 0.3 is 0 Å². The highest BCUT2D eigenvalue weighted by atomic mass is 32.1. The average Bonchev–Trinajstić information content (AvgIpc) is 2.97. The lowest BCUT2D eigenvalue weighted by molar-refractivity contribution is -0.131. The minimum Gasteiger partial charge on any atom is -0.339 e. The highest BCUT2D eigenvalue weighted by Gasteiger charge is 2.23. The van der Waals surface area contributed by atoms with Gasteiger partial charge in [0.05, 0.1) is 16.8 Å². The third-order valence-corrected chi connectivity index (χ3v) is 5.79. The van der Waals surface area contributed by atoms with Gasteiger partial charge in [-0.3, -0.25) is 4.79 Å². The van der Waals surface area contributed by atoms with E-state index in [9.17, 15) is 4.79 Å². The monoisotopic (exact) mass is 331 g/mol. The van der Waals surface area contributed by atoms with Gasteiger partial charge in [0.25, 0.3) is 0 Å². The van der Waals surface area contributed by atoms with Crippen LogP contribution in [0, 0.1) is 11.8 Å². The van der Waals surface area contributed by atoms with Gasteiger partial charge in [0.1, 0.15) is 5.01 Å². The summed E-state index contributed by atoms with van der Waals surface area (Å²) in [5.41, 5.74) is 1.02. The second-order valence-electron chi connectivity index (χ2n) is 6.61. The van der Waals surface area contributed by atoms with E-state index < -0.39 is 0 Å². The van der Waals surface area contributed by atoms with Crippen LogP contribution in [-0.2, 0) is 11.3 Å². The summed E-state index contributed by atoms with van der Waals surface area (Å²) in [5.74, 6) is 1.29. The molecule has 1 saturated heterocycles. The summed E-state index contributed by atoms with van der Waals surface area (Å²) in [6.45, 7) is 4.99. The van der Waals surface area contributed by atoms with Crippen LogP contribution in [0.5, 0.6) is 0 Å². The van der Waals surface area contributed by atoms with E-state index in [2.05, 4.69) is 23.3 Å². The molecule has 124 valence electrons. The quantitative estimate of drug-likeness (QED) is 0.914. The largest absolute Gasteiger partial charge is 0.339 e. The molecule has 3 rings (SSSR count). The maximum absolute atomic E-state index is 12.5. The minimum absolute atomic E-state index is 0.224. The number of para-hydroxylation sites is 1. The van der Waals surface area contributed by atoms with Crippen molar-refractivity contribution in [3.05, 3.63) is 29.3 Å². The zero-order chi connectivity index (χ0) is 16.2. The van der Waals surface area contributed by atoms with E-state index in [1.54, 1.807) is 11.3 Å². The fraction of sp³-hybridized carbons (Fsp3) is 0.556. The first-order valence-electron chi connectivity index (χ1n) is 8.42. The second-order valence-corrected chi connectivity index (χ2v) is 7.73. The zero-order valence-corrected chi connectivity index (χ0v) is 14.7. The molecule has 1 aliphatic rings. The number of piperidine rings is 1. The summed E-state index contributed by atoms with van der Waals surface area (Å²) in [5, 5.41) is 4.45. The Kier molecular flexibility index (Phi) is 5.28. The summed E-state index contributed by atoms with van der Waals surface area (Å²) >= 11 is 1.67. The lowest BCUT2D eigenvalue weighted by Gasteiger charge is -2.29.